The lowest BCUT2D eigenvalue weighted by atomic mass is 10.2. The van der Waals surface area contributed by atoms with E-state index in [1.807, 2.05) is 28.8 Å². The van der Waals surface area contributed by atoms with E-state index in [4.69, 9.17) is 16.6 Å². The van der Waals surface area contributed by atoms with Crippen LogP contribution in [0.25, 0.3) is 11.2 Å². The summed E-state index contributed by atoms with van der Waals surface area (Å²) in [7, 11) is 3.09. The molecule has 8 nitrogen and oxygen atoms in total. The van der Waals surface area contributed by atoms with Crippen molar-refractivity contribution in [3.8, 4) is 0 Å². The molecule has 1 aliphatic heterocycles. The van der Waals surface area contributed by atoms with E-state index in [0.717, 1.165) is 34.8 Å². The van der Waals surface area contributed by atoms with E-state index in [-0.39, 0.29) is 5.82 Å². The van der Waals surface area contributed by atoms with Gasteiger partial charge in [0.25, 0.3) is 5.56 Å². The monoisotopic (exact) mass is 496 g/mol. The van der Waals surface area contributed by atoms with E-state index in [9.17, 15) is 14.0 Å². The molecule has 0 unspecified atom stereocenters. The number of halogens is 2. The van der Waals surface area contributed by atoms with Crippen molar-refractivity contribution in [1.82, 2.24) is 23.6 Å². The first-order valence-electron chi connectivity index (χ1n) is 11.4. The molecule has 3 heterocycles. The highest BCUT2D eigenvalue weighted by molar-refractivity contribution is 6.30. The molecule has 10 heteroatoms. The topological polar surface area (TPSA) is 68.3 Å². The second kappa shape index (κ2) is 9.31. The summed E-state index contributed by atoms with van der Waals surface area (Å²) in [5.41, 5.74) is 1.92. The number of rotatable bonds is 5. The summed E-state index contributed by atoms with van der Waals surface area (Å²) >= 11 is 6.00. The lowest BCUT2D eigenvalue weighted by Gasteiger charge is -2.35. The van der Waals surface area contributed by atoms with Gasteiger partial charge in [-0.3, -0.25) is 23.4 Å². The fraction of sp³-hybridized carbons (Fsp3) is 0.320. The molecular formula is C25H26ClFN6O2. The van der Waals surface area contributed by atoms with E-state index in [1.54, 1.807) is 19.2 Å². The van der Waals surface area contributed by atoms with Gasteiger partial charge in [-0.25, -0.2) is 9.18 Å². The molecule has 182 valence electrons. The zero-order chi connectivity index (χ0) is 24.7. The maximum Gasteiger partial charge on any atom is 0.332 e. The maximum absolute atomic E-state index is 13.5. The zero-order valence-electron chi connectivity index (χ0n) is 19.6. The van der Waals surface area contributed by atoms with Crippen LogP contribution in [0, 0.1) is 5.82 Å². The lowest BCUT2D eigenvalue weighted by Crippen LogP contribution is -2.47. The lowest BCUT2D eigenvalue weighted by molar-refractivity contribution is 0.248. The summed E-state index contributed by atoms with van der Waals surface area (Å²) in [6.45, 7) is 4.23. The third kappa shape index (κ3) is 4.49. The van der Waals surface area contributed by atoms with Crippen LogP contribution in [0.5, 0.6) is 0 Å². The van der Waals surface area contributed by atoms with Crippen LogP contribution < -0.4 is 16.1 Å². The molecule has 35 heavy (non-hydrogen) atoms. The predicted molar refractivity (Wildman–Crippen MR) is 135 cm³/mol. The number of piperazine rings is 1. The van der Waals surface area contributed by atoms with Crippen molar-refractivity contribution in [1.29, 1.82) is 0 Å². The molecule has 2 aromatic carbocycles. The minimum Gasteiger partial charge on any atom is -0.340 e. The molecule has 0 saturated carbocycles. The average Bonchev–Trinajstić information content (AvgIpc) is 3.24. The Hall–Kier alpha value is -3.43. The van der Waals surface area contributed by atoms with Gasteiger partial charge in [-0.15, -0.1) is 0 Å². The van der Waals surface area contributed by atoms with Crippen molar-refractivity contribution in [2.45, 2.75) is 13.1 Å². The normalized spacial score (nSPS) is 14.7. The smallest absolute Gasteiger partial charge is 0.332 e. The van der Waals surface area contributed by atoms with Gasteiger partial charge in [0, 0.05) is 51.8 Å². The highest BCUT2D eigenvalue weighted by Gasteiger charge is 2.26. The van der Waals surface area contributed by atoms with Gasteiger partial charge in [0.1, 0.15) is 5.82 Å². The Labute approximate surface area is 206 Å². The van der Waals surface area contributed by atoms with Gasteiger partial charge in [-0.2, -0.15) is 4.98 Å². The van der Waals surface area contributed by atoms with Crippen molar-refractivity contribution in [2.75, 3.05) is 31.1 Å². The number of hydrogen-bond donors (Lipinski definition) is 0. The number of imidazole rings is 1. The third-order valence-electron chi connectivity index (χ3n) is 6.56. The number of fused-ring (bicyclic) bond motifs is 1. The fourth-order valence-electron chi connectivity index (χ4n) is 4.55. The molecule has 0 N–H and O–H groups in total. The zero-order valence-corrected chi connectivity index (χ0v) is 20.4. The molecule has 5 rings (SSSR count). The number of hydrogen-bond acceptors (Lipinski definition) is 5. The maximum atomic E-state index is 13.5. The highest BCUT2D eigenvalue weighted by atomic mass is 35.5. The number of anilines is 1. The van der Waals surface area contributed by atoms with Gasteiger partial charge in [-0.05, 0) is 35.4 Å². The molecule has 0 spiro atoms. The second-order valence-electron chi connectivity index (χ2n) is 8.89. The largest absolute Gasteiger partial charge is 0.340 e. The van der Waals surface area contributed by atoms with Crippen LogP contribution in [0.15, 0.2) is 58.1 Å². The van der Waals surface area contributed by atoms with Gasteiger partial charge in [0.05, 0.1) is 6.54 Å². The summed E-state index contributed by atoms with van der Waals surface area (Å²) < 4.78 is 17.8. The molecule has 1 fully saturated rings. The van der Waals surface area contributed by atoms with Crippen LogP contribution in [0.3, 0.4) is 0 Å². The molecule has 1 saturated heterocycles. The molecule has 0 radical (unpaired) electrons. The molecule has 0 amide bonds. The molecular weight excluding hydrogens is 471 g/mol. The summed E-state index contributed by atoms with van der Waals surface area (Å²) in [5, 5.41) is 0.721. The third-order valence-corrected chi connectivity index (χ3v) is 6.81. The Morgan fingerprint density at radius 1 is 0.857 bits per heavy atom. The Kier molecular flexibility index (Phi) is 6.21. The molecule has 0 aliphatic carbocycles. The average molecular weight is 497 g/mol. The van der Waals surface area contributed by atoms with Gasteiger partial charge in [0.15, 0.2) is 11.2 Å². The van der Waals surface area contributed by atoms with Crippen LogP contribution in [0.1, 0.15) is 11.1 Å². The first-order chi connectivity index (χ1) is 16.8. The van der Waals surface area contributed by atoms with E-state index in [0.29, 0.717) is 36.7 Å². The Bertz CT molecular complexity index is 1480. The predicted octanol–water partition coefficient (Wildman–Crippen LogP) is 2.60. The summed E-state index contributed by atoms with van der Waals surface area (Å²) in [6, 6.07) is 14.1. The summed E-state index contributed by atoms with van der Waals surface area (Å²) in [5.74, 6) is 0.313. The molecule has 0 atom stereocenters. The summed E-state index contributed by atoms with van der Waals surface area (Å²) in [4.78, 5) is 34.9. The Morgan fingerprint density at radius 3 is 2.11 bits per heavy atom. The van der Waals surface area contributed by atoms with Crippen LogP contribution in [-0.2, 0) is 27.2 Å². The number of aromatic nitrogens is 4. The van der Waals surface area contributed by atoms with E-state index in [2.05, 4.69) is 9.80 Å². The van der Waals surface area contributed by atoms with Crippen molar-refractivity contribution in [3.05, 3.63) is 91.3 Å². The van der Waals surface area contributed by atoms with Crippen LogP contribution in [-0.4, -0.2) is 49.8 Å². The Balaban J connectivity index is 1.48. The molecule has 2 aromatic heterocycles. The quantitative estimate of drug-likeness (QED) is 0.425. The number of nitrogens with zero attached hydrogens (tertiary/aromatic N) is 6. The van der Waals surface area contributed by atoms with Crippen molar-refractivity contribution >= 4 is 28.7 Å². The van der Waals surface area contributed by atoms with E-state index < -0.39 is 11.2 Å². The van der Waals surface area contributed by atoms with Gasteiger partial charge in [0.2, 0.25) is 5.95 Å². The number of benzene rings is 2. The van der Waals surface area contributed by atoms with Gasteiger partial charge >= 0.3 is 5.69 Å². The van der Waals surface area contributed by atoms with Gasteiger partial charge < -0.3 is 4.90 Å². The first kappa shape index (κ1) is 23.3. The standard InChI is InChI=1S/C25H26ClFN6O2/c1-29-22-21(23(34)30(2)25(29)35)33(16-18-5-9-20(27)10-6-18)24(28-22)32-13-11-31(12-14-32)15-17-3-7-19(26)8-4-17/h3-10H,11-16H2,1-2H3. The molecule has 4 aromatic rings. The Morgan fingerprint density at radius 2 is 1.46 bits per heavy atom. The van der Waals surface area contributed by atoms with E-state index >= 15 is 0 Å². The van der Waals surface area contributed by atoms with Crippen molar-refractivity contribution < 1.29 is 4.39 Å². The first-order valence-corrected chi connectivity index (χ1v) is 11.8. The highest BCUT2D eigenvalue weighted by Crippen LogP contribution is 2.23. The van der Waals surface area contributed by atoms with Crippen molar-refractivity contribution in [3.63, 3.8) is 0 Å². The summed E-state index contributed by atoms with van der Waals surface area (Å²) in [6.07, 6.45) is 0. The molecule has 1 aliphatic rings. The molecule has 0 bridgehead atoms. The SMILES string of the molecule is Cn1c(=O)c2c(nc(N3CCN(Cc4ccc(Cl)cc4)CC3)n2Cc2ccc(F)cc2)n(C)c1=O. The number of aryl methyl sites for hydroxylation is 1. The van der Waals surface area contributed by atoms with Crippen LogP contribution in [0.4, 0.5) is 10.3 Å². The van der Waals surface area contributed by atoms with Crippen LogP contribution >= 0.6 is 11.6 Å². The van der Waals surface area contributed by atoms with Crippen LogP contribution in [0.2, 0.25) is 5.02 Å². The minimum atomic E-state index is -0.423. The minimum absolute atomic E-state index is 0.320. The second-order valence-corrected chi connectivity index (χ2v) is 9.33. The fourth-order valence-corrected chi connectivity index (χ4v) is 4.68. The van der Waals surface area contributed by atoms with E-state index in [1.165, 1.54) is 29.3 Å². The van der Waals surface area contributed by atoms with Crippen molar-refractivity contribution in [2.24, 2.45) is 14.1 Å². The van der Waals surface area contributed by atoms with Gasteiger partial charge in [-0.1, -0.05) is 35.9 Å².